The van der Waals surface area contributed by atoms with Crippen molar-refractivity contribution in [2.75, 3.05) is 13.7 Å². The summed E-state index contributed by atoms with van der Waals surface area (Å²) >= 11 is 5.90. The molecular formula is C20H22ClF2NO4. The van der Waals surface area contributed by atoms with Crippen LogP contribution in [0.3, 0.4) is 0 Å². The van der Waals surface area contributed by atoms with Gasteiger partial charge in [-0.25, -0.2) is 0 Å². The maximum Gasteiger partial charge on any atom is 0.387 e. The van der Waals surface area contributed by atoms with Gasteiger partial charge in [0, 0.05) is 18.0 Å². The molecule has 0 aliphatic heterocycles. The Kier molecular flexibility index (Phi) is 8.32. The first-order valence-corrected chi connectivity index (χ1v) is 9.04. The Labute approximate surface area is 167 Å². The highest BCUT2D eigenvalue weighted by Crippen LogP contribution is 2.29. The lowest BCUT2D eigenvalue weighted by Gasteiger charge is -2.12. The molecule has 0 saturated carbocycles. The Morgan fingerprint density at radius 1 is 1.14 bits per heavy atom. The van der Waals surface area contributed by atoms with Crippen molar-refractivity contribution in [3.63, 3.8) is 0 Å². The second kappa shape index (κ2) is 10.7. The molecule has 0 saturated heterocycles. The minimum atomic E-state index is -2.96. The summed E-state index contributed by atoms with van der Waals surface area (Å²) in [7, 11) is 1.36. The number of benzene rings is 2. The Bertz CT molecular complexity index is 802. The molecule has 152 valence electrons. The van der Waals surface area contributed by atoms with E-state index in [0.717, 1.165) is 11.3 Å². The van der Waals surface area contributed by atoms with Gasteiger partial charge in [-0.1, -0.05) is 17.7 Å². The predicted molar refractivity (Wildman–Crippen MR) is 102 cm³/mol. The third-order valence-corrected chi connectivity index (χ3v) is 4.11. The minimum absolute atomic E-state index is 0.0732. The van der Waals surface area contributed by atoms with Crippen molar-refractivity contribution in [1.29, 1.82) is 0 Å². The predicted octanol–water partition coefficient (Wildman–Crippen LogP) is 4.73. The van der Waals surface area contributed by atoms with Crippen LogP contribution in [0.2, 0.25) is 5.02 Å². The second-order valence-corrected chi connectivity index (χ2v) is 6.44. The first-order chi connectivity index (χ1) is 13.4. The second-order valence-electron chi connectivity index (χ2n) is 6.00. The first kappa shape index (κ1) is 21.8. The normalized spacial score (nSPS) is 10.6. The Hall–Kier alpha value is -2.54. The molecule has 8 heteroatoms. The van der Waals surface area contributed by atoms with Crippen LogP contribution in [0, 0.1) is 6.92 Å². The fourth-order valence-corrected chi connectivity index (χ4v) is 2.72. The molecule has 0 aromatic heterocycles. The molecule has 28 heavy (non-hydrogen) atoms. The van der Waals surface area contributed by atoms with E-state index in [1.54, 1.807) is 18.2 Å². The lowest BCUT2D eigenvalue weighted by Crippen LogP contribution is -2.23. The van der Waals surface area contributed by atoms with Crippen LogP contribution in [0.4, 0.5) is 8.78 Å². The van der Waals surface area contributed by atoms with Crippen molar-refractivity contribution >= 4 is 17.5 Å². The molecule has 5 nitrogen and oxygen atoms in total. The van der Waals surface area contributed by atoms with Gasteiger partial charge in [0.2, 0.25) is 5.91 Å². The lowest BCUT2D eigenvalue weighted by molar-refractivity contribution is -0.121. The fourth-order valence-electron chi connectivity index (χ4n) is 2.50. The molecule has 0 aliphatic carbocycles. The Morgan fingerprint density at radius 2 is 1.89 bits per heavy atom. The van der Waals surface area contributed by atoms with Crippen LogP contribution < -0.4 is 19.5 Å². The van der Waals surface area contributed by atoms with Gasteiger partial charge in [0.1, 0.15) is 5.75 Å². The van der Waals surface area contributed by atoms with Crippen molar-refractivity contribution in [2.24, 2.45) is 0 Å². The number of amides is 1. The molecule has 0 fully saturated rings. The molecule has 2 aromatic carbocycles. The van der Waals surface area contributed by atoms with Gasteiger partial charge in [-0.05, 0) is 54.8 Å². The van der Waals surface area contributed by atoms with E-state index >= 15 is 0 Å². The zero-order chi connectivity index (χ0) is 20.5. The number of alkyl halides is 2. The van der Waals surface area contributed by atoms with E-state index in [9.17, 15) is 13.6 Å². The monoisotopic (exact) mass is 413 g/mol. The summed E-state index contributed by atoms with van der Waals surface area (Å²) in [5.41, 5.74) is 1.55. The number of hydrogen-bond acceptors (Lipinski definition) is 4. The summed E-state index contributed by atoms with van der Waals surface area (Å²) in [4.78, 5) is 12.0. The van der Waals surface area contributed by atoms with Crippen LogP contribution in [0.25, 0.3) is 0 Å². The zero-order valence-corrected chi connectivity index (χ0v) is 16.4. The summed E-state index contributed by atoms with van der Waals surface area (Å²) in [6.45, 7) is -0.470. The Morgan fingerprint density at radius 3 is 2.57 bits per heavy atom. The van der Waals surface area contributed by atoms with Crippen LogP contribution in [0.15, 0.2) is 36.4 Å². The summed E-state index contributed by atoms with van der Waals surface area (Å²) in [6, 6.07) is 9.95. The SMILES string of the molecule is COc1ccc(CNC(=O)CCCOc2ccc(Cl)cc2C)cc1OC(F)F. The molecule has 0 atom stereocenters. The maximum absolute atomic E-state index is 12.5. The maximum atomic E-state index is 12.5. The highest BCUT2D eigenvalue weighted by molar-refractivity contribution is 6.30. The smallest absolute Gasteiger partial charge is 0.387 e. The van der Waals surface area contributed by atoms with E-state index in [1.807, 2.05) is 13.0 Å². The molecule has 0 bridgehead atoms. The summed E-state index contributed by atoms with van der Waals surface area (Å²) < 4.78 is 40.0. The number of hydrogen-bond donors (Lipinski definition) is 1. The molecule has 1 amide bonds. The van der Waals surface area contributed by atoms with Crippen LogP contribution in [-0.4, -0.2) is 26.2 Å². The number of methoxy groups -OCH3 is 1. The van der Waals surface area contributed by atoms with Crippen molar-refractivity contribution in [3.05, 3.63) is 52.5 Å². The number of rotatable bonds is 10. The van der Waals surface area contributed by atoms with Gasteiger partial charge >= 0.3 is 6.61 Å². The van der Waals surface area contributed by atoms with Crippen molar-refractivity contribution in [3.8, 4) is 17.2 Å². The standard InChI is InChI=1S/C20H22ClF2NO4/c1-13-10-15(21)6-8-16(13)27-9-3-4-19(25)24-12-14-5-7-17(26-2)18(11-14)28-20(22)23/h5-8,10-11,20H,3-4,9,12H2,1-2H3,(H,24,25). The fraction of sp³-hybridized carbons (Fsp3) is 0.350. The van der Waals surface area contributed by atoms with Crippen LogP contribution in [0.1, 0.15) is 24.0 Å². The quantitative estimate of drug-likeness (QED) is 0.572. The molecule has 0 spiro atoms. The molecule has 0 radical (unpaired) electrons. The van der Waals surface area contributed by atoms with Crippen LogP contribution in [-0.2, 0) is 11.3 Å². The molecule has 2 rings (SSSR count). The summed E-state index contributed by atoms with van der Waals surface area (Å²) in [6.07, 6.45) is 0.819. The van der Waals surface area contributed by atoms with E-state index in [2.05, 4.69) is 10.1 Å². The molecule has 0 aliphatic rings. The summed E-state index contributed by atoms with van der Waals surface area (Å²) in [5.74, 6) is 0.694. The van der Waals surface area contributed by atoms with Crippen molar-refractivity contribution in [2.45, 2.75) is 32.9 Å². The Balaban J connectivity index is 1.76. The van der Waals surface area contributed by atoms with Crippen LogP contribution in [0.5, 0.6) is 17.2 Å². The third kappa shape index (κ3) is 6.88. The number of ether oxygens (including phenoxy) is 3. The number of aryl methyl sites for hydroxylation is 1. The van der Waals surface area contributed by atoms with Crippen molar-refractivity contribution < 1.29 is 27.8 Å². The van der Waals surface area contributed by atoms with E-state index in [-0.39, 0.29) is 30.4 Å². The van der Waals surface area contributed by atoms with E-state index < -0.39 is 6.61 Å². The highest BCUT2D eigenvalue weighted by atomic mass is 35.5. The molecule has 2 aromatic rings. The first-order valence-electron chi connectivity index (χ1n) is 8.66. The number of halogens is 3. The van der Waals surface area contributed by atoms with Gasteiger partial charge in [0.05, 0.1) is 13.7 Å². The van der Waals surface area contributed by atoms with Crippen LogP contribution >= 0.6 is 11.6 Å². The largest absolute Gasteiger partial charge is 0.493 e. The number of nitrogens with one attached hydrogen (secondary N) is 1. The molecule has 0 heterocycles. The average molecular weight is 414 g/mol. The molecular weight excluding hydrogens is 392 g/mol. The van der Waals surface area contributed by atoms with Gasteiger partial charge in [-0.3, -0.25) is 4.79 Å². The zero-order valence-electron chi connectivity index (χ0n) is 15.6. The summed E-state index contributed by atoms with van der Waals surface area (Å²) in [5, 5.41) is 3.38. The van der Waals surface area contributed by atoms with Gasteiger partial charge in [0.15, 0.2) is 11.5 Å². The average Bonchev–Trinajstić information content (AvgIpc) is 2.64. The van der Waals surface area contributed by atoms with E-state index in [1.165, 1.54) is 19.2 Å². The van der Waals surface area contributed by atoms with Crippen molar-refractivity contribution in [1.82, 2.24) is 5.32 Å². The van der Waals surface area contributed by atoms with Gasteiger partial charge < -0.3 is 19.5 Å². The van der Waals surface area contributed by atoms with Gasteiger partial charge in [0.25, 0.3) is 0 Å². The minimum Gasteiger partial charge on any atom is -0.493 e. The lowest BCUT2D eigenvalue weighted by atomic mass is 10.2. The van der Waals surface area contributed by atoms with Gasteiger partial charge in [-0.2, -0.15) is 8.78 Å². The van der Waals surface area contributed by atoms with E-state index in [0.29, 0.717) is 23.6 Å². The van der Waals surface area contributed by atoms with Gasteiger partial charge in [-0.15, -0.1) is 0 Å². The molecule has 1 N–H and O–H groups in total. The number of carbonyl (C=O) groups is 1. The molecule has 0 unspecified atom stereocenters. The number of carbonyl (C=O) groups excluding carboxylic acids is 1. The third-order valence-electron chi connectivity index (χ3n) is 3.88. The highest BCUT2D eigenvalue weighted by Gasteiger charge is 2.12. The topological polar surface area (TPSA) is 56.8 Å². The van der Waals surface area contributed by atoms with E-state index in [4.69, 9.17) is 21.1 Å².